The maximum absolute atomic E-state index is 12.6. The van der Waals surface area contributed by atoms with Crippen molar-refractivity contribution in [1.29, 1.82) is 0 Å². The van der Waals surface area contributed by atoms with Gasteiger partial charge in [-0.1, -0.05) is 24.9 Å². The Morgan fingerprint density at radius 3 is 2.81 bits per heavy atom. The number of unbranched alkanes of at least 4 members (excludes halogenated alkanes) is 1. The third kappa shape index (κ3) is 3.44. The molecule has 0 radical (unpaired) electrons. The van der Waals surface area contributed by atoms with Gasteiger partial charge in [0.25, 0.3) is 5.56 Å². The van der Waals surface area contributed by atoms with Crippen molar-refractivity contribution in [1.82, 2.24) is 9.55 Å². The molecule has 0 bridgehead atoms. The van der Waals surface area contributed by atoms with Crippen LogP contribution in [-0.4, -0.2) is 16.1 Å². The number of halogens is 1. The highest BCUT2D eigenvalue weighted by Crippen LogP contribution is 2.16. The van der Waals surface area contributed by atoms with Gasteiger partial charge in [-0.25, -0.2) is 4.98 Å². The molecular formula is C16H23ClN3O+. The van der Waals surface area contributed by atoms with Crippen LogP contribution in [0, 0.1) is 0 Å². The summed E-state index contributed by atoms with van der Waals surface area (Å²) < 4.78 is 1.77. The van der Waals surface area contributed by atoms with Gasteiger partial charge < -0.3 is 5.32 Å². The van der Waals surface area contributed by atoms with Gasteiger partial charge in [-0.05, 0) is 38.5 Å². The summed E-state index contributed by atoms with van der Waals surface area (Å²) in [5.74, 6) is 0.827. The molecule has 0 spiro atoms. The van der Waals surface area contributed by atoms with E-state index in [1.165, 1.54) is 12.8 Å². The average Bonchev–Trinajstić information content (AvgIpc) is 2.46. The second-order valence-electron chi connectivity index (χ2n) is 5.35. The van der Waals surface area contributed by atoms with Gasteiger partial charge >= 0.3 is 0 Å². The van der Waals surface area contributed by atoms with Crippen LogP contribution in [0.4, 0.5) is 0 Å². The summed E-state index contributed by atoms with van der Waals surface area (Å²) in [7, 11) is 0. The Balaban J connectivity index is 2.48. The lowest BCUT2D eigenvalue weighted by Gasteiger charge is -2.16. The van der Waals surface area contributed by atoms with E-state index in [1.54, 1.807) is 22.8 Å². The monoisotopic (exact) mass is 308 g/mol. The number of nitrogens with two attached hydrogens (primary N) is 1. The number of hydrogen-bond acceptors (Lipinski definition) is 2. The predicted molar refractivity (Wildman–Crippen MR) is 86.8 cm³/mol. The molecule has 114 valence electrons. The maximum atomic E-state index is 12.6. The summed E-state index contributed by atoms with van der Waals surface area (Å²) in [5.41, 5.74) is 0.702. The molecule has 1 heterocycles. The van der Waals surface area contributed by atoms with Gasteiger partial charge in [-0.2, -0.15) is 0 Å². The topological polar surface area (TPSA) is 51.5 Å². The molecule has 5 heteroatoms. The van der Waals surface area contributed by atoms with Gasteiger partial charge in [0.1, 0.15) is 6.04 Å². The van der Waals surface area contributed by atoms with Gasteiger partial charge in [-0.3, -0.25) is 9.36 Å². The van der Waals surface area contributed by atoms with E-state index in [-0.39, 0.29) is 11.6 Å². The van der Waals surface area contributed by atoms with Crippen LogP contribution < -0.4 is 10.9 Å². The van der Waals surface area contributed by atoms with Crippen molar-refractivity contribution in [2.24, 2.45) is 0 Å². The van der Waals surface area contributed by atoms with Gasteiger partial charge in [0, 0.05) is 11.6 Å². The molecule has 2 N–H and O–H groups in total. The fourth-order valence-corrected chi connectivity index (χ4v) is 2.71. The van der Waals surface area contributed by atoms with Crippen molar-refractivity contribution in [2.45, 2.75) is 46.2 Å². The van der Waals surface area contributed by atoms with E-state index in [2.05, 4.69) is 19.2 Å². The zero-order valence-electron chi connectivity index (χ0n) is 12.9. The first kappa shape index (κ1) is 16.0. The molecule has 1 aromatic carbocycles. The molecule has 0 unspecified atom stereocenters. The molecule has 1 aromatic heterocycles. The Morgan fingerprint density at radius 1 is 1.38 bits per heavy atom. The van der Waals surface area contributed by atoms with Crippen LogP contribution in [0.2, 0.25) is 5.02 Å². The molecule has 0 saturated heterocycles. The number of quaternary nitrogens is 1. The average molecular weight is 309 g/mol. The van der Waals surface area contributed by atoms with Crippen molar-refractivity contribution in [3.8, 4) is 0 Å². The van der Waals surface area contributed by atoms with Gasteiger partial charge in [0.05, 0.1) is 17.4 Å². The van der Waals surface area contributed by atoms with Crippen LogP contribution in [0.15, 0.2) is 23.0 Å². The summed E-state index contributed by atoms with van der Waals surface area (Å²) >= 11 is 6.02. The van der Waals surface area contributed by atoms with E-state index in [1.807, 2.05) is 6.92 Å². The normalized spacial score (nSPS) is 12.8. The molecule has 1 atom stereocenters. The maximum Gasteiger partial charge on any atom is 0.261 e. The Kier molecular flexibility index (Phi) is 5.37. The summed E-state index contributed by atoms with van der Waals surface area (Å²) in [6, 6.07) is 5.42. The SMILES string of the molecule is CCCC[NH2+][C@@H](C)c1nc2cc(Cl)ccc2c(=O)n1CC. The molecule has 0 saturated carbocycles. The molecule has 2 rings (SSSR count). The Hall–Kier alpha value is -1.39. The second kappa shape index (κ2) is 7.05. The Bertz CT molecular complexity index is 681. The number of hydrogen-bond donors (Lipinski definition) is 1. The van der Waals surface area contributed by atoms with Crippen molar-refractivity contribution < 1.29 is 5.32 Å². The standard InChI is InChI=1S/C16H22ClN3O/c1-4-6-9-18-11(3)15-19-14-10-12(17)7-8-13(14)16(21)20(15)5-2/h7-8,10-11,18H,4-6,9H2,1-3H3/p+1/t11-/m0/s1. The lowest BCUT2D eigenvalue weighted by atomic mass is 10.2. The van der Waals surface area contributed by atoms with E-state index >= 15 is 0 Å². The van der Waals surface area contributed by atoms with E-state index < -0.39 is 0 Å². The highest BCUT2D eigenvalue weighted by atomic mass is 35.5. The minimum Gasteiger partial charge on any atom is -0.338 e. The number of nitrogens with zero attached hydrogens (tertiary/aromatic N) is 2. The number of rotatable bonds is 6. The summed E-state index contributed by atoms with van der Waals surface area (Å²) in [5, 5.41) is 3.48. The van der Waals surface area contributed by atoms with Crippen molar-refractivity contribution >= 4 is 22.5 Å². The van der Waals surface area contributed by atoms with Gasteiger partial charge in [0.15, 0.2) is 5.82 Å². The number of fused-ring (bicyclic) bond motifs is 1. The van der Waals surface area contributed by atoms with Crippen LogP contribution in [0.5, 0.6) is 0 Å². The predicted octanol–water partition coefficient (Wildman–Crippen LogP) is 2.49. The first-order valence-electron chi connectivity index (χ1n) is 7.61. The molecule has 0 aliphatic carbocycles. The molecule has 0 aliphatic rings. The first-order chi connectivity index (χ1) is 10.1. The van der Waals surface area contributed by atoms with E-state index in [0.717, 1.165) is 12.4 Å². The van der Waals surface area contributed by atoms with Gasteiger partial charge in [-0.15, -0.1) is 0 Å². The summed E-state index contributed by atoms with van der Waals surface area (Å²) in [6.07, 6.45) is 2.34. The Morgan fingerprint density at radius 2 is 2.14 bits per heavy atom. The molecule has 0 aliphatic heterocycles. The minimum absolute atomic E-state index is 0.0184. The van der Waals surface area contributed by atoms with Crippen LogP contribution >= 0.6 is 11.6 Å². The smallest absolute Gasteiger partial charge is 0.261 e. The van der Waals surface area contributed by atoms with Gasteiger partial charge in [0.2, 0.25) is 0 Å². The molecule has 21 heavy (non-hydrogen) atoms. The second-order valence-corrected chi connectivity index (χ2v) is 5.78. The molecule has 2 aromatic rings. The highest BCUT2D eigenvalue weighted by molar-refractivity contribution is 6.31. The van der Waals surface area contributed by atoms with Crippen molar-refractivity contribution in [2.75, 3.05) is 6.54 Å². The summed E-state index contributed by atoms with van der Waals surface area (Å²) in [6.45, 7) is 7.93. The largest absolute Gasteiger partial charge is 0.338 e. The number of aromatic nitrogens is 2. The highest BCUT2D eigenvalue weighted by Gasteiger charge is 2.17. The van der Waals surface area contributed by atoms with E-state index in [9.17, 15) is 4.79 Å². The van der Waals surface area contributed by atoms with Crippen LogP contribution in [0.3, 0.4) is 0 Å². The van der Waals surface area contributed by atoms with Crippen molar-refractivity contribution in [3.05, 3.63) is 39.4 Å². The lowest BCUT2D eigenvalue weighted by molar-refractivity contribution is -0.694. The third-order valence-electron chi connectivity index (χ3n) is 3.75. The molecule has 0 fully saturated rings. The zero-order valence-corrected chi connectivity index (χ0v) is 13.7. The first-order valence-corrected chi connectivity index (χ1v) is 7.99. The molecule has 4 nitrogen and oxygen atoms in total. The lowest BCUT2D eigenvalue weighted by Crippen LogP contribution is -2.85. The molecular weight excluding hydrogens is 286 g/mol. The zero-order chi connectivity index (χ0) is 15.4. The van der Waals surface area contributed by atoms with Crippen LogP contribution in [0.1, 0.15) is 45.5 Å². The third-order valence-corrected chi connectivity index (χ3v) is 3.98. The minimum atomic E-state index is 0.0184. The van der Waals surface area contributed by atoms with E-state index in [0.29, 0.717) is 22.5 Å². The molecule has 0 amide bonds. The van der Waals surface area contributed by atoms with Crippen LogP contribution in [-0.2, 0) is 6.54 Å². The Labute approximate surface area is 130 Å². The quantitative estimate of drug-likeness (QED) is 0.834. The van der Waals surface area contributed by atoms with E-state index in [4.69, 9.17) is 16.6 Å². The fraction of sp³-hybridized carbons (Fsp3) is 0.500. The summed E-state index contributed by atoms with van der Waals surface area (Å²) in [4.78, 5) is 17.3. The van der Waals surface area contributed by atoms with Crippen LogP contribution in [0.25, 0.3) is 10.9 Å². The fourth-order valence-electron chi connectivity index (χ4n) is 2.54. The number of benzene rings is 1. The van der Waals surface area contributed by atoms with Crippen molar-refractivity contribution in [3.63, 3.8) is 0 Å².